The predicted molar refractivity (Wildman–Crippen MR) is 170 cm³/mol. The van der Waals surface area contributed by atoms with Crippen molar-refractivity contribution in [3.05, 3.63) is 78.4 Å². The Morgan fingerprint density at radius 2 is 1.69 bits per heavy atom. The highest BCUT2D eigenvalue weighted by Crippen LogP contribution is 2.29. The lowest BCUT2D eigenvalue weighted by Gasteiger charge is -2.27. The van der Waals surface area contributed by atoms with Gasteiger partial charge < -0.3 is 20.0 Å². The molecule has 0 bridgehead atoms. The zero-order valence-corrected chi connectivity index (χ0v) is 26.3. The Morgan fingerprint density at radius 1 is 1.02 bits per heavy atom. The third kappa shape index (κ3) is 14.3. The van der Waals surface area contributed by atoms with Gasteiger partial charge in [0.05, 0.1) is 18.1 Å². The first-order chi connectivity index (χ1) is 21.6. The van der Waals surface area contributed by atoms with Crippen LogP contribution in [0.25, 0.3) is 11.3 Å². The van der Waals surface area contributed by atoms with Gasteiger partial charge in [0.1, 0.15) is 18.1 Å². The van der Waals surface area contributed by atoms with E-state index in [0.29, 0.717) is 18.2 Å². The smallest absolute Gasteiger partial charge is 0.433 e. The molecule has 0 unspecified atom stereocenters. The van der Waals surface area contributed by atoms with E-state index in [0.717, 1.165) is 74.8 Å². The van der Waals surface area contributed by atoms with Crippen LogP contribution >= 0.6 is 0 Å². The third-order valence-electron chi connectivity index (χ3n) is 6.62. The van der Waals surface area contributed by atoms with E-state index in [4.69, 9.17) is 9.84 Å². The summed E-state index contributed by atoms with van der Waals surface area (Å²) >= 11 is 0. The van der Waals surface area contributed by atoms with Crippen molar-refractivity contribution in [1.29, 1.82) is 0 Å². The van der Waals surface area contributed by atoms with E-state index >= 15 is 0 Å². The van der Waals surface area contributed by atoms with Gasteiger partial charge in [-0.1, -0.05) is 24.3 Å². The van der Waals surface area contributed by atoms with Crippen LogP contribution in [0.5, 0.6) is 5.88 Å². The van der Waals surface area contributed by atoms with E-state index < -0.39 is 17.5 Å². The molecule has 0 spiro atoms. The molecule has 12 heteroatoms. The van der Waals surface area contributed by atoms with Gasteiger partial charge in [-0.3, -0.25) is 14.8 Å². The molecule has 1 fully saturated rings. The van der Waals surface area contributed by atoms with E-state index in [1.54, 1.807) is 18.6 Å². The van der Waals surface area contributed by atoms with Crippen LogP contribution in [0.2, 0.25) is 0 Å². The molecular weight excluding hydrogens is 587 g/mol. The zero-order valence-electron chi connectivity index (χ0n) is 26.3. The molecule has 3 aromatic rings. The number of aliphatic imine (C=N–C) groups is 1. The summed E-state index contributed by atoms with van der Waals surface area (Å²) < 4.78 is 42.0. The first-order valence-corrected chi connectivity index (χ1v) is 14.3. The number of aryl methyl sites for hydroxylation is 1. The number of pyridine rings is 1. The lowest BCUT2D eigenvalue weighted by Crippen LogP contribution is -2.25. The number of benzene rings is 1. The van der Waals surface area contributed by atoms with Crippen molar-refractivity contribution in [3.8, 4) is 17.1 Å². The minimum atomic E-state index is -4.56. The second kappa shape index (κ2) is 21.3. The van der Waals surface area contributed by atoms with Crippen LogP contribution in [0, 0.1) is 12.8 Å². The van der Waals surface area contributed by atoms with Crippen LogP contribution < -0.4 is 10.1 Å². The highest BCUT2D eigenvalue weighted by molar-refractivity contribution is 6.17. The Kier molecular flexibility index (Phi) is 18.2. The number of ether oxygens (including phenoxy) is 1. The summed E-state index contributed by atoms with van der Waals surface area (Å²) in [6.45, 7) is 3.32. The standard InChI is InChI=1S/C19H23N3O2.C7H8F3NO.C6H7N.CH4O/c1-20-16-6-4-15(5-7-16)18-12-22-19(13-21-18)24-17-8-2-14(3-9-17)10-11-23;1-3-5(4-12)6(11-2)7(8,9)10;1-6-4-2-3-5-7-6;1-2/h4-7,11-14,17,20H,2-3,8-10H2,1H3;3-4H,1-2H3;2-5H,1H3;2H,1H3/b;5-3-,11-6?;;. The molecule has 9 nitrogen and oxygen atoms in total. The molecule has 4 rings (SSSR count). The van der Waals surface area contributed by atoms with Gasteiger partial charge in [-0.2, -0.15) is 13.2 Å². The number of allylic oxidation sites excluding steroid dienone is 2. The Balaban J connectivity index is 0.000000400. The molecule has 1 saturated carbocycles. The first kappa shape index (κ1) is 38.6. The number of carbonyl (C=O) groups excluding carboxylic acids is 2. The summed E-state index contributed by atoms with van der Waals surface area (Å²) in [6, 6.07) is 13.9. The van der Waals surface area contributed by atoms with E-state index in [9.17, 15) is 22.8 Å². The normalized spacial score (nSPS) is 16.3. The number of aldehydes is 2. The molecule has 0 amide bonds. The van der Waals surface area contributed by atoms with E-state index in [1.165, 1.54) is 6.92 Å². The van der Waals surface area contributed by atoms with Gasteiger partial charge in [0, 0.05) is 56.3 Å². The van der Waals surface area contributed by atoms with Crippen LogP contribution in [-0.2, 0) is 9.59 Å². The van der Waals surface area contributed by atoms with E-state index in [1.807, 2.05) is 56.4 Å². The van der Waals surface area contributed by atoms with Gasteiger partial charge in [-0.05, 0) is 69.7 Å². The Bertz CT molecular complexity index is 1310. The number of halogens is 3. The molecule has 1 aromatic carbocycles. The van der Waals surface area contributed by atoms with Crippen LogP contribution in [0.3, 0.4) is 0 Å². The maximum atomic E-state index is 12.0. The molecule has 1 aliphatic carbocycles. The van der Waals surface area contributed by atoms with Gasteiger partial charge in [-0.25, -0.2) is 9.97 Å². The molecule has 0 saturated heterocycles. The third-order valence-corrected chi connectivity index (χ3v) is 6.62. The maximum Gasteiger partial charge on any atom is 0.433 e. The van der Waals surface area contributed by atoms with Crippen LogP contribution in [-0.4, -0.2) is 71.8 Å². The summed E-state index contributed by atoms with van der Waals surface area (Å²) in [5.41, 5.74) is 2.42. The van der Waals surface area contributed by atoms with Crippen molar-refractivity contribution >= 4 is 24.0 Å². The number of aromatic nitrogens is 3. The number of aliphatic hydroxyl groups excluding tert-OH is 1. The lowest BCUT2D eigenvalue weighted by molar-refractivity contribution is -0.109. The van der Waals surface area contributed by atoms with Gasteiger partial charge in [0.15, 0.2) is 6.29 Å². The largest absolute Gasteiger partial charge is 0.473 e. The lowest BCUT2D eigenvalue weighted by atomic mass is 9.86. The van der Waals surface area contributed by atoms with Crippen molar-refractivity contribution in [2.75, 3.05) is 26.5 Å². The van der Waals surface area contributed by atoms with Gasteiger partial charge in [0.2, 0.25) is 5.88 Å². The molecule has 0 aliphatic heterocycles. The molecule has 0 atom stereocenters. The van der Waals surface area contributed by atoms with Gasteiger partial charge >= 0.3 is 6.18 Å². The number of aliphatic hydroxyl groups is 1. The van der Waals surface area contributed by atoms with E-state index in [2.05, 4.69) is 25.3 Å². The second-order valence-corrected chi connectivity index (χ2v) is 9.63. The summed E-state index contributed by atoms with van der Waals surface area (Å²) in [4.78, 5) is 36.5. The average Bonchev–Trinajstić information content (AvgIpc) is 3.06. The van der Waals surface area contributed by atoms with Crippen molar-refractivity contribution in [2.24, 2.45) is 10.9 Å². The average molecular weight is 630 g/mol. The first-order valence-electron chi connectivity index (χ1n) is 14.3. The minimum Gasteiger partial charge on any atom is -0.473 e. The number of nitrogens with one attached hydrogen (secondary N) is 1. The summed E-state index contributed by atoms with van der Waals surface area (Å²) in [6.07, 6.45) is 7.82. The number of hydrogen-bond acceptors (Lipinski definition) is 9. The number of rotatable bonds is 8. The molecule has 2 heterocycles. The highest BCUT2D eigenvalue weighted by Gasteiger charge is 2.37. The zero-order chi connectivity index (χ0) is 33.7. The SMILES string of the molecule is C/C=C(/C=O)C(=NC)C(F)(F)F.CNc1ccc(-c2cnc(OC3CCC(CC=O)CC3)cn2)cc1.CO.Cc1ccccn1. The summed E-state index contributed by atoms with van der Waals surface area (Å²) in [5.74, 6) is 1.10. The number of carbonyl (C=O) groups is 2. The van der Waals surface area contributed by atoms with Crippen LogP contribution in [0.4, 0.5) is 18.9 Å². The van der Waals surface area contributed by atoms with Crippen molar-refractivity contribution in [1.82, 2.24) is 15.0 Å². The quantitative estimate of drug-likeness (QED) is 0.165. The summed E-state index contributed by atoms with van der Waals surface area (Å²) in [7, 11) is 3.89. The minimum absolute atomic E-state index is 0.135. The topological polar surface area (TPSA) is 127 Å². The van der Waals surface area contributed by atoms with Gasteiger partial charge in [0.25, 0.3) is 0 Å². The van der Waals surface area contributed by atoms with Crippen LogP contribution in [0.15, 0.2) is 77.7 Å². The fourth-order valence-electron chi connectivity index (χ4n) is 4.25. The Labute approximate surface area is 262 Å². The van der Waals surface area contributed by atoms with Gasteiger partial charge in [-0.15, -0.1) is 0 Å². The molecule has 244 valence electrons. The number of nitrogens with zero attached hydrogens (tertiary/aromatic N) is 4. The monoisotopic (exact) mass is 629 g/mol. The number of hydrogen-bond donors (Lipinski definition) is 2. The highest BCUT2D eigenvalue weighted by atomic mass is 19.4. The maximum absolute atomic E-state index is 12.0. The fraction of sp³-hybridized carbons (Fsp3) is 0.394. The van der Waals surface area contributed by atoms with Crippen molar-refractivity contribution in [3.63, 3.8) is 0 Å². The number of alkyl halides is 3. The molecule has 0 radical (unpaired) electrons. The molecule has 2 aromatic heterocycles. The number of anilines is 1. The van der Waals surface area contributed by atoms with Crippen molar-refractivity contribution < 1.29 is 32.6 Å². The molecular formula is C33H42F3N5O4. The Morgan fingerprint density at radius 3 is 2.07 bits per heavy atom. The van der Waals surface area contributed by atoms with Crippen molar-refractivity contribution in [2.45, 2.75) is 58.2 Å². The molecule has 1 aliphatic rings. The Hall–Kier alpha value is -4.45. The molecule has 45 heavy (non-hydrogen) atoms. The molecule has 2 N–H and O–H groups in total. The fourth-order valence-corrected chi connectivity index (χ4v) is 4.25. The van der Waals surface area contributed by atoms with Crippen LogP contribution in [0.1, 0.15) is 44.7 Å². The van der Waals surface area contributed by atoms with E-state index in [-0.39, 0.29) is 12.4 Å². The second-order valence-electron chi connectivity index (χ2n) is 9.63. The summed E-state index contributed by atoms with van der Waals surface area (Å²) in [5, 5.41) is 10.1. The predicted octanol–water partition coefficient (Wildman–Crippen LogP) is 6.48.